The second-order valence-corrected chi connectivity index (χ2v) is 5.69. The van der Waals surface area contributed by atoms with Crippen LogP contribution in [0, 0.1) is 11.8 Å². The fourth-order valence-corrected chi connectivity index (χ4v) is 2.89. The van der Waals surface area contributed by atoms with E-state index in [2.05, 4.69) is 0 Å². The Morgan fingerprint density at radius 3 is 2.45 bits per heavy atom. The summed E-state index contributed by atoms with van der Waals surface area (Å²) in [6.45, 7) is 0.329. The second kappa shape index (κ2) is 6.13. The van der Waals surface area contributed by atoms with Crippen molar-refractivity contribution in [3.63, 3.8) is 0 Å². The van der Waals surface area contributed by atoms with E-state index >= 15 is 0 Å². The van der Waals surface area contributed by atoms with Gasteiger partial charge in [0.2, 0.25) is 11.8 Å². The van der Waals surface area contributed by atoms with E-state index in [1.54, 1.807) is 0 Å². The maximum absolute atomic E-state index is 12.6. The first kappa shape index (κ1) is 16.6. The Morgan fingerprint density at radius 1 is 1.23 bits per heavy atom. The second-order valence-electron chi connectivity index (χ2n) is 5.69. The monoisotopic (exact) mass is 322 g/mol. The van der Waals surface area contributed by atoms with Crippen LogP contribution >= 0.6 is 0 Å². The van der Waals surface area contributed by atoms with Gasteiger partial charge in [-0.25, -0.2) is 0 Å². The number of carboxylic acids is 1. The van der Waals surface area contributed by atoms with E-state index in [4.69, 9.17) is 5.11 Å². The highest BCUT2D eigenvalue weighted by molar-refractivity contribution is 6.01. The number of nitrogens with zero attached hydrogens (tertiary/aromatic N) is 1. The number of amides is 2. The van der Waals surface area contributed by atoms with Gasteiger partial charge >= 0.3 is 12.1 Å². The number of rotatable bonds is 2. The molecular formula is C13H17F3N2O4. The summed E-state index contributed by atoms with van der Waals surface area (Å²) in [4.78, 5) is 36.3. The zero-order valence-electron chi connectivity index (χ0n) is 11.7. The van der Waals surface area contributed by atoms with Crippen molar-refractivity contribution in [3.05, 3.63) is 0 Å². The third kappa shape index (κ3) is 3.50. The summed E-state index contributed by atoms with van der Waals surface area (Å²) in [7, 11) is 0. The molecule has 0 aromatic carbocycles. The summed E-state index contributed by atoms with van der Waals surface area (Å²) >= 11 is 0. The molecule has 3 unspecified atom stereocenters. The fraction of sp³-hybridized carbons (Fsp3) is 0.769. The van der Waals surface area contributed by atoms with E-state index < -0.39 is 41.8 Å². The molecule has 3 atom stereocenters. The van der Waals surface area contributed by atoms with Crippen molar-refractivity contribution in [3.8, 4) is 0 Å². The highest BCUT2D eigenvalue weighted by Crippen LogP contribution is 2.30. The van der Waals surface area contributed by atoms with Gasteiger partial charge < -0.3 is 15.3 Å². The van der Waals surface area contributed by atoms with E-state index in [1.165, 1.54) is 4.90 Å². The standard InChI is InChI=1S/C13H17F3N2O4/c14-13(15,16)9-4-3-8(10(19)17-9)11(20)18-5-1-2-7(6-18)12(21)22/h7-9H,1-6H2,(H,17,19)(H,21,22). The predicted octanol–water partition coefficient (Wildman–Crippen LogP) is 0.767. The van der Waals surface area contributed by atoms with Crippen LogP contribution in [0.4, 0.5) is 13.2 Å². The van der Waals surface area contributed by atoms with Crippen LogP contribution in [0.25, 0.3) is 0 Å². The molecule has 2 fully saturated rings. The Hall–Kier alpha value is -1.80. The summed E-state index contributed by atoms with van der Waals surface area (Å²) in [5.74, 6) is -4.37. The van der Waals surface area contributed by atoms with E-state index in [-0.39, 0.29) is 19.4 Å². The molecule has 2 rings (SSSR count). The molecule has 0 radical (unpaired) electrons. The largest absolute Gasteiger partial charge is 0.481 e. The fourth-order valence-electron chi connectivity index (χ4n) is 2.89. The Bertz CT molecular complexity index is 480. The number of aliphatic carboxylic acids is 1. The van der Waals surface area contributed by atoms with Crippen molar-refractivity contribution in [2.24, 2.45) is 11.8 Å². The topological polar surface area (TPSA) is 86.7 Å². The molecule has 0 aliphatic carbocycles. The Balaban J connectivity index is 1.99. The lowest BCUT2D eigenvalue weighted by molar-refractivity contribution is -0.172. The number of carboxylic acid groups (broad SMARTS) is 1. The highest BCUT2D eigenvalue weighted by Gasteiger charge is 2.46. The van der Waals surface area contributed by atoms with Crippen molar-refractivity contribution in [2.75, 3.05) is 13.1 Å². The molecule has 2 aliphatic heterocycles. The number of carbonyl (C=O) groups is 3. The molecule has 0 bridgehead atoms. The maximum Gasteiger partial charge on any atom is 0.408 e. The van der Waals surface area contributed by atoms with Crippen LogP contribution in [0.15, 0.2) is 0 Å². The molecule has 0 aromatic rings. The number of hydrogen-bond donors (Lipinski definition) is 2. The Morgan fingerprint density at radius 2 is 1.91 bits per heavy atom. The zero-order chi connectivity index (χ0) is 16.5. The van der Waals surface area contributed by atoms with Gasteiger partial charge in [0.1, 0.15) is 12.0 Å². The first-order chi connectivity index (χ1) is 10.2. The smallest absolute Gasteiger partial charge is 0.408 e. The molecule has 0 spiro atoms. The minimum atomic E-state index is -4.52. The van der Waals surface area contributed by atoms with Gasteiger partial charge in [-0.2, -0.15) is 13.2 Å². The molecule has 22 heavy (non-hydrogen) atoms. The first-order valence-electron chi connectivity index (χ1n) is 7.09. The Kier molecular flexibility index (Phi) is 4.62. The number of nitrogens with one attached hydrogen (secondary N) is 1. The summed E-state index contributed by atoms with van der Waals surface area (Å²) in [5, 5.41) is 10.8. The van der Waals surface area contributed by atoms with Gasteiger partial charge in [-0.05, 0) is 25.7 Å². The SMILES string of the molecule is O=C(O)C1CCCN(C(=O)C2CCC(C(F)(F)F)NC2=O)C1. The lowest BCUT2D eigenvalue weighted by Crippen LogP contribution is -2.56. The summed E-state index contributed by atoms with van der Waals surface area (Å²) in [5.41, 5.74) is 0. The first-order valence-corrected chi connectivity index (χ1v) is 7.09. The zero-order valence-corrected chi connectivity index (χ0v) is 11.7. The molecule has 2 saturated heterocycles. The minimum Gasteiger partial charge on any atom is -0.481 e. The van der Waals surface area contributed by atoms with E-state index in [9.17, 15) is 27.6 Å². The number of alkyl halides is 3. The van der Waals surface area contributed by atoms with Gasteiger partial charge in [0.05, 0.1) is 5.92 Å². The molecular weight excluding hydrogens is 305 g/mol. The average molecular weight is 322 g/mol. The molecule has 124 valence electrons. The van der Waals surface area contributed by atoms with Gasteiger partial charge in [0.15, 0.2) is 0 Å². The van der Waals surface area contributed by atoms with Crippen LogP contribution in [0.5, 0.6) is 0 Å². The van der Waals surface area contributed by atoms with Gasteiger partial charge in [0, 0.05) is 13.1 Å². The highest BCUT2D eigenvalue weighted by atomic mass is 19.4. The van der Waals surface area contributed by atoms with Crippen molar-refractivity contribution in [1.29, 1.82) is 0 Å². The third-order valence-corrected chi connectivity index (χ3v) is 4.15. The van der Waals surface area contributed by atoms with Crippen LogP contribution in [0.2, 0.25) is 0 Å². The quantitative estimate of drug-likeness (QED) is 0.735. The molecule has 2 N–H and O–H groups in total. The molecule has 2 aliphatic rings. The van der Waals surface area contributed by atoms with Crippen LogP contribution in [-0.4, -0.2) is 53.1 Å². The number of piperidine rings is 2. The molecule has 6 nitrogen and oxygen atoms in total. The van der Waals surface area contributed by atoms with E-state index in [1.807, 2.05) is 5.32 Å². The lowest BCUT2D eigenvalue weighted by atomic mass is 9.90. The van der Waals surface area contributed by atoms with Crippen molar-refractivity contribution < 1.29 is 32.7 Å². The normalized spacial score (nSPS) is 29.9. The summed E-state index contributed by atoms with van der Waals surface area (Å²) in [6.07, 6.45) is -4.09. The molecule has 2 amide bonds. The lowest BCUT2D eigenvalue weighted by Gasteiger charge is -2.35. The minimum absolute atomic E-state index is 0.000641. The average Bonchev–Trinajstić information content (AvgIpc) is 2.45. The van der Waals surface area contributed by atoms with Gasteiger partial charge in [-0.3, -0.25) is 14.4 Å². The third-order valence-electron chi connectivity index (χ3n) is 4.15. The van der Waals surface area contributed by atoms with E-state index in [0.717, 1.165) is 0 Å². The summed E-state index contributed by atoms with van der Waals surface area (Å²) < 4.78 is 37.7. The van der Waals surface area contributed by atoms with Gasteiger partial charge in [-0.15, -0.1) is 0 Å². The van der Waals surface area contributed by atoms with Crippen molar-refractivity contribution >= 4 is 17.8 Å². The van der Waals surface area contributed by atoms with Gasteiger partial charge in [-0.1, -0.05) is 0 Å². The van der Waals surface area contributed by atoms with E-state index in [0.29, 0.717) is 19.4 Å². The van der Waals surface area contributed by atoms with Crippen LogP contribution < -0.4 is 5.32 Å². The molecule has 0 aromatic heterocycles. The molecule has 9 heteroatoms. The summed E-state index contributed by atoms with van der Waals surface area (Å²) in [6, 6.07) is -1.92. The number of halogens is 3. The van der Waals surface area contributed by atoms with Crippen molar-refractivity contribution in [2.45, 2.75) is 37.9 Å². The molecule has 0 saturated carbocycles. The number of hydrogen-bond acceptors (Lipinski definition) is 3. The van der Waals surface area contributed by atoms with Crippen LogP contribution in [0.3, 0.4) is 0 Å². The number of likely N-dealkylation sites (tertiary alicyclic amines) is 1. The van der Waals surface area contributed by atoms with Crippen LogP contribution in [0.1, 0.15) is 25.7 Å². The van der Waals surface area contributed by atoms with Gasteiger partial charge in [0.25, 0.3) is 0 Å². The predicted molar refractivity (Wildman–Crippen MR) is 67.6 cm³/mol. The van der Waals surface area contributed by atoms with Crippen LogP contribution in [-0.2, 0) is 14.4 Å². The van der Waals surface area contributed by atoms with Crippen molar-refractivity contribution in [1.82, 2.24) is 10.2 Å². The number of carbonyl (C=O) groups excluding carboxylic acids is 2. The maximum atomic E-state index is 12.6. The molecule has 2 heterocycles. The Labute approximate surface area is 124 Å².